The monoisotopic (exact) mass is 928 g/mol. The molecule has 0 aromatic heterocycles. The first-order chi connectivity index (χ1) is 28.5. The van der Waals surface area contributed by atoms with Crippen LogP contribution < -0.4 is 92.9 Å². The van der Waals surface area contributed by atoms with Gasteiger partial charge in [-0.3, -0.25) is 4.55 Å². The summed E-state index contributed by atoms with van der Waals surface area (Å²) in [5.74, 6) is -0.720. The summed E-state index contributed by atoms with van der Waals surface area (Å²) in [4.78, 5) is -1.24. The van der Waals surface area contributed by atoms with Crippen molar-refractivity contribution >= 4 is 108 Å². The molecular formula is C40H23N6Na3O11S3. The largest absolute Gasteiger partial charge is 1.00 e. The van der Waals surface area contributed by atoms with E-state index < -0.39 is 46.2 Å². The Balaban J connectivity index is 0.00000249. The van der Waals surface area contributed by atoms with Gasteiger partial charge in [0.2, 0.25) is 0 Å². The first-order valence-electron chi connectivity index (χ1n) is 17.2. The number of hydrogen-bond donors (Lipinski definition) is 2. The van der Waals surface area contributed by atoms with E-state index in [1.165, 1.54) is 48.5 Å². The maximum absolute atomic E-state index is 12.1. The third-order valence-electron chi connectivity index (χ3n) is 9.09. The summed E-state index contributed by atoms with van der Waals surface area (Å²) in [6.07, 6.45) is 0. The van der Waals surface area contributed by atoms with E-state index in [-0.39, 0.29) is 139 Å². The number of benzene rings is 8. The van der Waals surface area contributed by atoms with Gasteiger partial charge in [0, 0.05) is 38.0 Å². The van der Waals surface area contributed by atoms with Crippen LogP contribution in [0, 0.1) is 6.07 Å². The number of azo groups is 3. The third kappa shape index (κ3) is 10.9. The van der Waals surface area contributed by atoms with Crippen LogP contribution in [0.4, 0.5) is 34.1 Å². The van der Waals surface area contributed by atoms with Crippen molar-refractivity contribution in [2.45, 2.75) is 9.79 Å². The van der Waals surface area contributed by atoms with Crippen molar-refractivity contribution in [3.63, 3.8) is 0 Å². The van der Waals surface area contributed by atoms with E-state index in [9.17, 15) is 44.0 Å². The summed E-state index contributed by atoms with van der Waals surface area (Å²) < 4.78 is 110. The fraction of sp³-hybridized carbons (Fsp3) is 0. The molecule has 63 heavy (non-hydrogen) atoms. The van der Waals surface area contributed by atoms with Crippen LogP contribution in [-0.2, 0) is 30.6 Å². The second-order valence-electron chi connectivity index (χ2n) is 12.8. The second kappa shape index (κ2) is 20.0. The maximum atomic E-state index is 12.1. The Hall–Kier alpha value is -4.07. The van der Waals surface area contributed by atoms with E-state index in [2.05, 4.69) is 36.8 Å². The fourth-order valence-corrected chi connectivity index (χ4v) is 8.00. The molecule has 0 aliphatic carbocycles. The number of hydrogen-bond acceptors (Lipinski definition) is 16. The van der Waals surface area contributed by atoms with Gasteiger partial charge in [0.1, 0.15) is 25.9 Å². The SMILES string of the molecule is O=S(=O)(O)Oc1c(N=Nc2ccc(N=Nc3ccc(N=Nc4cc(S(=O)(=O)[O-])c5ccccc5c4O)c4cc(S(=O)(=O)[O-])ccc34)c3ccccc23)c[c-]c2ccccc12.[Na+].[Na+].[Na+]. The van der Waals surface area contributed by atoms with Crippen LogP contribution in [0.1, 0.15) is 0 Å². The summed E-state index contributed by atoms with van der Waals surface area (Å²) in [6, 6.07) is 34.1. The standard InChI is InChI=1S/C40H25N6O11S3.3Na/c47-39-30-12-6-5-11-29(30)38(59(51,52)53)22-37(39)46-44-35-20-19-34(28-15-14-24(21-31(28)35)58(48,49)50)42-41-32-17-18-33(27-10-4-3-9-26(27)32)43-45-36-16-13-23-7-1-2-8-25(23)40(36)57-60(54,55)56;;;/h1-12,14-22,47H,(H,48,49,50)(H,51,52,53)(H,54,55,56);;;/q-1;3*+1/p-2. The van der Waals surface area contributed by atoms with Crippen LogP contribution >= 0.6 is 0 Å². The number of fused-ring (bicyclic) bond motifs is 4. The topological polar surface area (TPSA) is 272 Å². The normalized spacial score (nSPS) is 12.2. The second-order valence-corrected chi connectivity index (χ2v) is 16.6. The molecule has 0 radical (unpaired) electrons. The zero-order valence-corrected chi connectivity index (χ0v) is 41.6. The molecule has 2 N–H and O–H groups in total. The maximum Gasteiger partial charge on any atom is 1.00 e. The smallest absolute Gasteiger partial charge is 0.744 e. The van der Waals surface area contributed by atoms with Crippen LogP contribution in [0.2, 0.25) is 0 Å². The molecule has 8 aromatic carbocycles. The van der Waals surface area contributed by atoms with Crippen LogP contribution in [-0.4, -0.2) is 44.0 Å². The molecule has 0 aliphatic rings. The van der Waals surface area contributed by atoms with Gasteiger partial charge in [-0.1, -0.05) is 72.1 Å². The van der Waals surface area contributed by atoms with Crippen LogP contribution in [0.3, 0.4) is 0 Å². The average Bonchev–Trinajstić information content (AvgIpc) is 3.21. The molecule has 0 spiro atoms. The van der Waals surface area contributed by atoms with Gasteiger partial charge < -0.3 is 18.4 Å². The van der Waals surface area contributed by atoms with E-state index in [4.69, 9.17) is 4.18 Å². The van der Waals surface area contributed by atoms with Crippen molar-refractivity contribution < 1.29 is 137 Å². The molecule has 0 fully saturated rings. The third-order valence-corrected chi connectivity index (χ3v) is 11.2. The van der Waals surface area contributed by atoms with Crippen LogP contribution in [0.5, 0.6) is 11.5 Å². The van der Waals surface area contributed by atoms with Gasteiger partial charge in [-0.2, -0.15) is 18.6 Å². The minimum absolute atomic E-state index is 0. The van der Waals surface area contributed by atoms with Gasteiger partial charge >= 0.3 is 99.1 Å². The first kappa shape index (κ1) is 49.9. The van der Waals surface area contributed by atoms with Gasteiger partial charge in [-0.25, -0.2) is 16.8 Å². The minimum Gasteiger partial charge on any atom is -0.744 e. The molecule has 23 heteroatoms. The summed E-state index contributed by atoms with van der Waals surface area (Å²) in [6.45, 7) is 0. The zero-order chi connectivity index (χ0) is 42.4. The van der Waals surface area contributed by atoms with Crippen molar-refractivity contribution in [1.82, 2.24) is 0 Å². The fourth-order valence-electron chi connectivity index (χ4n) is 6.41. The first-order valence-corrected chi connectivity index (χ1v) is 21.3. The molecule has 300 valence electrons. The van der Waals surface area contributed by atoms with Crippen molar-refractivity contribution in [1.29, 1.82) is 0 Å². The number of phenols is 1. The molecule has 8 rings (SSSR count). The Bertz CT molecular complexity index is 3540. The Morgan fingerprint density at radius 1 is 0.476 bits per heavy atom. The summed E-state index contributed by atoms with van der Waals surface area (Å²) in [5, 5.41) is 38.8. The van der Waals surface area contributed by atoms with Gasteiger partial charge in [0.05, 0.1) is 38.3 Å². The number of rotatable bonds is 10. The number of phenolic OH excluding ortho intramolecular Hbond substituents is 1. The van der Waals surface area contributed by atoms with E-state index in [1.807, 2.05) is 0 Å². The van der Waals surface area contributed by atoms with Crippen molar-refractivity contribution in [3.05, 3.63) is 133 Å². The number of nitrogens with zero attached hydrogens (tertiary/aromatic N) is 6. The number of aromatic hydroxyl groups is 1. The summed E-state index contributed by atoms with van der Waals surface area (Å²) >= 11 is 0. The Morgan fingerprint density at radius 3 is 1.44 bits per heavy atom. The van der Waals surface area contributed by atoms with Crippen molar-refractivity contribution in [2.75, 3.05) is 0 Å². The van der Waals surface area contributed by atoms with E-state index in [1.54, 1.807) is 60.7 Å². The Kier molecular flexibility index (Phi) is 15.8. The molecule has 0 saturated carbocycles. The Labute approximate surface area is 425 Å². The molecule has 0 atom stereocenters. The Morgan fingerprint density at radius 2 is 0.921 bits per heavy atom. The molecule has 8 aromatic rings. The minimum atomic E-state index is -5.02. The van der Waals surface area contributed by atoms with Gasteiger partial charge in [0.15, 0.2) is 5.75 Å². The predicted octanol–water partition coefficient (Wildman–Crippen LogP) is 1.05. The van der Waals surface area contributed by atoms with Gasteiger partial charge in [-0.05, 0) is 42.5 Å². The molecule has 0 aliphatic heterocycles. The van der Waals surface area contributed by atoms with Crippen molar-refractivity contribution in [2.24, 2.45) is 30.7 Å². The molecule has 0 heterocycles. The average molecular weight is 929 g/mol. The van der Waals surface area contributed by atoms with E-state index in [0.717, 1.165) is 18.2 Å². The van der Waals surface area contributed by atoms with Crippen LogP contribution in [0.15, 0.2) is 168 Å². The van der Waals surface area contributed by atoms with Crippen molar-refractivity contribution in [3.8, 4) is 11.5 Å². The van der Waals surface area contributed by atoms with E-state index >= 15 is 0 Å². The van der Waals surface area contributed by atoms with E-state index in [0.29, 0.717) is 32.9 Å². The van der Waals surface area contributed by atoms with Crippen LogP contribution in [0.25, 0.3) is 43.1 Å². The molecule has 0 amide bonds. The molecule has 17 nitrogen and oxygen atoms in total. The van der Waals surface area contributed by atoms with Gasteiger partial charge in [0.25, 0.3) is 0 Å². The summed E-state index contributed by atoms with van der Waals surface area (Å²) in [5.41, 5.74) is 0.507. The molecule has 0 bridgehead atoms. The molecule has 0 unspecified atom stereocenters. The predicted molar refractivity (Wildman–Crippen MR) is 217 cm³/mol. The van der Waals surface area contributed by atoms with Gasteiger partial charge in [-0.15, -0.1) is 50.1 Å². The molecular weight excluding hydrogens is 906 g/mol. The molecule has 0 saturated heterocycles. The summed E-state index contributed by atoms with van der Waals surface area (Å²) in [7, 11) is -14.9. The quantitative estimate of drug-likeness (QED) is 0.0847. The zero-order valence-electron chi connectivity index (χ0n) is 33.1.